The summed E-state index contributed by atoms with van der Waals surface area (Å²) in [4.78, 5) is 3.11. The predicted octanol–water partition coefficient (Wildman–Crippen LogP) is 0.942. The van der Waals surface area contributed by atoms with Crippen LogP contribution in [0.3, 0.4) is 0 Å². The molecule has 1 rings (SSSR count). The van der Waals surface area contributed by atoms with E-state index in [0.29, 0.717) is 0 Å². The molecule has 0 amide bonds. The van der Waals surface area contributed by atoms with Gasteiger partial charge < -0.3 is 5.73 Å². The number of halogens is 2. The summed E-state index contributed by atoms with van der Waals surface area (Å²) in [6, 6.07) is 0.998. The molecular weight excluding hydrogens is 126 g/mol. The van der Waals surface area contributed by atoms with Gasteiger partial charge in [0.15, 0.2) is 5.82 Å². The average Bonchev–Trinajstić information content (AvgIpc) is 1.83. The van der Waals surface area contributed by atoms with Gasteiger partial charge in [0, 0.05) is 6.20 Å². The van der Waals surface area contributed by atoms with Crippen molar-refractivity contribution in [3.8, 4) is 0 Å². The van der Waals surface area contributed by atoms with Crippen LogP contribution in [-0.2, 0) is 0 Å². The Morgan fingerprint density at radius 2 is 2.11 bits per heavy atom. The van der Waals surface area contributed by atoms with Crippen LogP contribution in [0.5, 0.6) is 0 Å². The van der Waals surface area contributed by atoms with Crippen LogP contribution in [0.25, 0.3) is 0 Å². The van der Waals surface area contributed by atoms with Gasteiger partial charge in [-0.05, 0) is 6.07 Å². The first kappa shape index (κ1) is 5.94. The van der Waals surface area contributed by atoms with E-state index in [-0.39, 0.29) is 0 Å². The van der Waals surface area contributed by atoms with Crippen LogP contribution in [0.15, 0.2) is 12.3 Å². The molecule has 0 aliphatic rings. The summed E-state index contributed by atoms with van der Waals surface area (Å²) in [6.07, 6.45) is 1.01. The average molecular weight is 130 g/mol. The molecule has 0 atom stereocenters. The first-order chi connectivity index (χ1) is 4.22. The van der Waals surface area contributed by atoms with E-state index in [1.807, 2.05) is 0 Å². The van der Waals surface area contributed by atoms with Crippen molar-refractivity contribution in [2.75, 3.05) is 5.73 Å². The fraction of sp³-hybridized carbons (Fsp3) is 0. The maximum Gasteiger partial charge on any atom is 0.239 e. The lowest BCUT2D eigenvalue weighted by atomic mass is 10.4. The minimum absolute atomic E-state index is 0.530. The third-order valence-corrected chi connectivity index (χ3v) is 0.888. The highest BCUT2D eigenvalue weighted by atomic mass is 19.1. The second kappa shape index (κ2) is 1.97. The van der Waals surface area contributed by atoms with Gasteiger partial charge in [-0.2, -0.15) is 4.39 Å². The zero-order valence-electron chi connectivity index (χ0n) is 4.44. The zero-order valence-corrected chi connectivity index (χ0v) is 4.44. The maximum atomic E-state index is 12.2. The molecule has 0 bridgehead atoms. The SMILES string of the molecule is Nc1c(F)ccnc1F. The van der Waals surface area contributed by atoms with Gasteiger partial charge in [-0.15, -0.1) is 0 Å². The van der Waals surface area contributed by atoms with Gasteiger partial charge in [-0.1, -0.05) is 0 Å². The molecule has 2 N–H and O–H groups in total. The Labute approximate surface area is 50.3 Å². The molecule has 9 heavy (non-hydrogen) atoms. The number of hydrogen-bond acceptors (Lipinski definition) is 2. The molecule has 2 nitrogen and oxygen atoms in total. The highest BCUT2D eigenvalue weighted by Gasteiger charge is 2.02. The molecular formula is C5H4F2N2. The molecule has 0 aliphatic heterocycles. The summed E-state index contributed by atoms with van der Waals surface area (Å²) >= 11 is 0. The van der Waals surface area contributed by atoms with Crippen molar-refractivity contribution >= 4 is 5.69 Å². The Hall–Kier alpha value is -1.19. The van der Waals surface area contributed by atoms with Gasteiger partial charge in [0.1, 0.15) is 5.69 Å². The van der Waals surface area contributed by atoms with E-state index < -0.39 is 17.5 Å². The van der Waals surface area contributed by atoms with Gasteiger partial charge >= 0.3 is 0 Å². The monoisotopic (exact) mass is 130 g/mol. The number of anilines is 1. The second-order valence-electron chi connectivity index (χ2n) is 1.50. The predicted molar refractivity (Wildman–Crippen MR) is 28.6 cm³/mol. The molecule has 1 aromatic heterocycles. The number of aromatic nitrogens is 1. The summed E-state index contributed by atoms with van der Waals surface area (Å²) in [5.74, 6) is -1.74. The highest BCUT2D eigenvalue weighted by Crippen LogP contribution is 2.09. The van der Waals surface area contributed by atoms with Crippen LogP contribution in [-0.4, -0.2) is 4.98 Å². The largest absolute Gasteiger partial charge is 0.393 e. The molecule has 0 saturated heterocycles. The van der Waals surface area contributed by atoms with Crippen LogP contribution in [0.2, 0.25) is 0 Å². The Balaban J connectivity index is 3.25. The lowest BCUT2D eigenvalue weighted by Crippen LogP contribution is -1.96. The van der Waals surface area contributed by atoms with Crippen molar-refractivity contribution in [1.29, 1.82) is 0 Å². The Morgan fingerprint density at radius 3 is 2.56 bits per heavy atom. The van der Waals surface area contributed by atoms with Gasteiger partial charge in [0.05, 0.1) is 0 Å². The molecule has 48 valence electrons. The van der Waals surface area contributed by atoms with E-state index in [1.54, 1.807) is 0 Å². The number of hydrogen-bond donors (Lipinski definition) is 1. The lowest BCUT2D eigenvalue weighted by Gasteiger charge is -1.93. The first-order valence-corrected chi connectivity index (χ1v) is 2.27. The zero-order chi connectivity index (χ0) is 6.85. The van der Waals surface area contributed by atoms with Gasteiger partial charge in [0.2, 0.25) is 5.95 Å². The lowest BCUT2D eigenvalue weighted by molar-refractivity contribution is 0.560. The molecule has 0 saturated carbocycles. The molecule has 1 aromatic rings. The van der Waals surface area contributed by atoms with Crippen LogP contribution in [0, 0.1) is 11.8 Å². The highest BCUT2D eigenvalue weighted by molar-refractivity contribution is 5.36. The summed E-state index contributed by atoms with van der Waals surface area (Å²) in [7, 11) is 0. The molecule has 0 spiro atoms. The van der Waals surface area contributed by atoms with E-state index in [9.17, 15) is 8.78 Å². The van der Waals surface area contributed by atoms with Crippen molar-refractivity contribution in [1.82, 2.24) is 4.98 Å². The molecule has 4 heteroatoms. The van der Waals surface area contributed by atoms with E-state index >= 15 is 0 Å². The number of rotatable bonds is 0. The van der Waals surface area contributed by atoms with E-state index in [1.165, 1.54) is 0 Å². The van der Waals surface area contributed by atoms with Crippen molar-refractivity contribution in [3.05, 3.63) is 24.0 Å². The second-order valence-corrected chi connectivity index (χ2v) is 1.50. The van der Waals surface area contributed by atoms with Gasteiger partial charge in [0.25, 0.3) is 0 Å². The third-order valence-electron chi connectivity index (χ3n) is 0.888. The van der Waals surface area contributed by atoms with Gasteiger partial charge in [-0.3, -0.25) is 0 Å². The van der Waals surface area contributed by atoms with Crippen molar-refractivity contribution in [2.45, 2.75) is 0 Å². The summed E-state index contributed by atoms with van der Waals surface area (Å²) in [5, 5.41) is 0. The van der Waals surface area contributed by atoms with Crippen LogP contribution < -0.4 is 5.73 Å². The van der Waals surface area contributed by atoms with E-state index in [4.69, 9.17) is 5.73 Å². The summed E-state index contributed by atoms with van der Waals surface area (Å²) in [6.45, 7) is 0. The number of nitrogens with two attached hydrogens (primary N) is 1. The minimum atomic E-state index is -0.963. The maximum absolute atomic E-state index is 12.2. The van der Waals surface area contributed by atoms with Crippen molar-refractivity contribution < 1.29 is 8.78 Å². The topological polar surface area (TPSA) is 38.9 Å². The van der Waals surface area contributed by atoms with E-state index in [0.717, 1.165) is 12.3 Å². The Morgan fingerprint density at radius 1 is 1.44 bits per heavy atom. The number of nitrogens with zero attached hydrogens (tertiary/aromatic N) is 1. The quantitative estimate of drug-likeness (QED) is 0.531. The van der Waals surface area contributed by atoms with Crippen LogP contribution in [0.1, 0.15) is 0 Å². The smallest absolute Gasteiger partial charge is 0.239 e. The summed E-state index contributed by atoms with van der Waals surface area (Å²) < 4.78 is 24.3. The van der Waals surface area contributed by atoms with Crippen molar-refractivity contribution in [3.63, 3.8) is 0 Å². The normalized spacial score (nSPS) is 9.56. The molecule has 0 unspecified atom stereocenters. The van der Waals surface area contributed by atoms with Gasteiger partial charge in [-0.25, -0.2) is 9.37 Å². The number of nitrogen functional groups attached to an aromatic ring is 1. The standard InChI is InChI=1S/C5H4F2N2/c6-3-1-2-9-5(7)4(3)8/h1-2H,8H2. The van der Waals surface area contributed by atoms with Crippen molar-refractivity contribution in [2.24, 2.45) is 0 Å². The van der Waals surface area contributed by atoms with Crippen LogP contribution in [0.4, 0.5) is 14.5 Å². The Kier molecular flexibility index (Phi) is 1.30. The molecule has 1 heterocycles. The minimum Gasteiger partial charge on any atom is -0.393 e. The fourth-order valence-corrected chi connectivity index (χ4v) is 0.426. The molecule has 0 aromatic carbocycles. The molecule has 0 fully saturated rings. The number of pyridine rings is 1. The summed E-state index contributed by atoms with van der Waals surface area (Å²) in [5.41, 5.74) is 4.34. The molecule has 0 aliphatic carbocycles. The fourth-order valence-electron chi connectivity index (χ4n) is 0.426. The van der Waals surface area contributed by atoms with Crippen LogP contribution >= 0.6 is 0 Å². The Bertz CT molecular complexity index is 204. The third kappa shape index (κ3) is 0.960. The van der Waals surface area contributed by atoms with E-state index in [2.05, 4.69) is 4.98 Å². The first-order valence-electron chi connectivity index (χ1n) is 2.27. The molecule has 0 radical (unpaired) electrons.